The zero-order valence-corrected chi connectivity index (χ0v) is 54.8. The molecule has 0 bridgehead atoms. The maximum Gasteiger partial charge on any atom is 2.00 e. The molecule has 0 saturated heterocycles. The zero-order valence-electron chi connectivity index (χ0n) is 50.8. The summed E-state index contributed by atoms with van der Waals surface area (Å²) in [6.45, 7) is 24.2. The SMILES string of the molecule is Cc1cccc(Cl)c1-c1nc(-c2cc(C(C)(C)C)cc(-n3c4ccccc4c4ccccc43)c2O)no1.Cc1cccc(Cl)c1-c1nc(-c2cc(C(C)(C)C)cc(-n3c4ccccc4c4ccccc43)c2O)no1.[CH2-]c1ccccc1.[CH2-]c1ccccc1.[Zr+2]. The van der Waals surface area contributed by atoms with Gasteiger partial charge in [-0.15, -0.1) is 24.3 Å². The summed E-state index contributed by atoms with van der Waals surface area (Å²) in [6.07, 6.45) is 0. The van der Waals surface area contributed by atoms with E-state index in [1.807, 2.05) is 159 Å². The van der Waals surface area contributed by atoms with Crippen molar-refractivity contribution in [2.24, 2.45) is 0 Å². The van der Waals surface area contributed by atoms with Crippen LogP contribution in [-0.2, 0) is 37.0 Å². The topological polar surface area (TPSA) is 128 Å². The van der Waals surface area contributed by atoms with E-state index in [2.05, 4.69) is 145 Å². The first-order chi connectivity index (χ1) is 42.3. The molecule has 0 radical (unpaired) electrons. The van der Waals surface area contributed by atoms with Crippen LogP contribution < -0.4 is 0 Å². The zero-order chi connectivity index (χ0) is 62.0. The molecule has 10 nitrogen and oxygen atoms in total. The minimum absolute atomic E-state index is 0. The van der Waals surface area contributed by atoms with Gasteiger partial charge in [-0.3, -0.25) is 0 Å². The van der Waals surface area contributed by atoms with Gasteiger partial charge in [-0.1, -0.05) is 184 Å². The first-order valence-corrected chi connectivity index (χ1v) is 29.7. The number of hydrogen-bond acceptors (Lipinski definition) is 8. The maximum atomic E-state index is 11.7. The van der Waals surface area contributed by atoms with E-state index in [-0.39, 0.29) is 48.5 Å². The van der Waals surface area contributed by atoms with Crippen molar-refractivity contribution in [1.29, 1.82) is 0 Å². The van der Waals surface area contributed by atoms with Gasteiger partial charge in [-0.25, -0.2) is 0 Å². The van der Waals surface area contributed by atoms with Gasteiger partial charge >= 0.3 is 26.2 Å². The van der Waals surface area contributed by atoms with Gasteiger partial charge < -0.3 is 28.4 Å². The van der Waals surface area contributed by atoms with Crippen molar-refractivity contribution in [1.82, 2.24) is 29.4 Å². The molecule has 13 heteroatoms. The average Bonchev–Trinajstić information content (AvgIpc) is 2.50. The number of rotatable bonds is 6. The summed E-state index contributed by atoms with van der Waals surface area (Å²) in [4.78, 5) is 9.34. The second kappa shape index (κ2) is 26.3. The van der Waals surface area contributed by atoms with Crippen LogP contribution in [0.25, 0.3) is 101 Å². The van der Waals surface area contributed by atoms with E-state index >= 15 is 0 Å². The van der Waals surface area contributed by atoms with Crippen molar-refractivity contribution < 1.29 is 45.5 Å². The number of hydrogen-bond donors (Lipinski definition) is 2. The first-order valence-electron chi connectivity index (χ1n) is 28.9. The van der Waals surface area contributed by atoms with E-state index in [0.717, 1.165) is 77.0 Å². The number of fused-ring (bicyclic) bond motifs is 6. The third kappa shape index (κ3) is 13.1. The molecule has 0 fully saturated rings. The summed E-state index contributed by atoms with van der Waals surface area (Å²) < 4.78 is 15.5. The summed E-state index contributed by atoms with van der Waals surface area (Å²) in [5.41, 5.74) is 13.5. The number of aryl methyl sites for hydroxylation is 2. The van der Waals surface area contributed by atoms with Gasteiger partial charge in [0.1, 0.15) is 0 Å². The van der Waals surface area contributed by atoms with Crippen molar-refractivity contribution >= 4 is 66.8 Å². The Labute approximate surface area is 548 Å². The molecule has 0 aliphatic rings. The monoisotopic (exact) mass is 1290 g/mol. The van der Waals surface area contributed by atoms with E-state index in [1.165, 1.54) is 0 Å². The van der Waals surface area contributed by atoms with Gasteiger partial charge in [0, 0.05) is 21.5 Å². The number of halogens is 2. The number of aromatic hydroxyl groups is 2. The van der Waals surface area contributed by atoms with Gasteiger partial charge in [-0.2, -0.15) is 59.2 Å². The Bertz CT molecular complexity index is 4370. The molecule has 14 rings (SSSR count). The second-order valence-corrected chi connectivity index (χ2v) is 24.5. The predicted molar refractivity (Wildman–Crippen MR) is 361 cm³/mol. The summed E-state index contributed by atoms with van der Waals surface area (Å²) >= 11 is 12.9. The molecule has 0 aliphatic heterocycles. The third-order valence-corrected chi connectivity index (χ3v) is 16.1. The van der Waals surface area contributed by atoms with Crippen LogP contribution in [0.1, 0.15) is 74.9 Å². The number of aromatic nitrogens is 6. The summed E-state index contributed by atoms with van der Waals surface area (Å²) in [6, 6.07) is 71.9. The van der Waals surface area contributed by atoms with Crippen LogP contribution >= 0.6 is 23.2 Å². The summed E-state index contributed by atoms with van der Waals surface area (Å²) in [5, 5.41) is 37.6. The average molecular weight is 1290 g/mol. The summed E-state index contributed by atoms with van der Waals surface area (Å²) in [7, 11) is 0. The van der Waals surface area contributed by atoms with Gasteiger partial charge in [-0.05, 0) is 108 Å². The molecule has 0 aliphatic carbocycles. The molecule has 0 atom stereocenters. The Morgan fingerprint density at radius 1 is 0.404 bits per heavy atom. The molecule has 0 amide bonds. The fourth-order valence-corrected chi connectivity index (χ4v) is 11.4. The van der Waals surface area contributed by atoms with E-state index in [1.54, 1.807) is 12.1 Å². The fourth-order valence-electron chi connectivity index (χ4n) is 10.8. The number of para-hydroxylation sites is 4. The van der Waals surface area contributed by atoms with Crippen LogP contribution in [0.15, 0.2) is 227 Å². The molecule has 0 saturated carbocycles. The second-order valence-electron chi connectivity index (χ2n) is 23.7. The largest absolute Gasteiger partial charge is 2.00 e. The molecule has 4 heterocycles. The molecular weight excluding hydrogens is 1220 g/mol. The van der Waals surface area contributed by atoms with Crippen molar-refractivity contribution in [3.63, 3.8) is 0 Å². The number of nitrogens with zero attached hydrogens (tertiary/aromatic N) is 6. The molecule has 0 unspecified atom stereocenters. The Balaban J connectivity index is 0.000000159. The molecule has 442 valence electrons. The predicted octanol–water partition coefficient (Wildman–Crippen LogP) is 20.7. The Kier molecular flexibility index (Phi) is 18.6. The molecular formula is C76H66Cl2N6O4Zr. The normalized spacial score (nSPS) is 11.3. The van der Waals surface area contributed by atoms with E-state index < -0.39 is 0 Å². The quantitative estimate of drug-likeness (QED) is 0.158. The van der Waals surface area contributed by atoms with Gasteiger partial charge in [0.25, 0.3) is 11.8 Å². The van der Waals surface area contributed by atoms with E-state index in [0.29, 0.717) is 67.1 Å². The Morgan fingerprint density at radius 2 is 0.708 bits per heavy atom. The Morgan fingerprint density at radius 3 is 0.989 bits per heavy atom. The van der Waals surface area contributed by atoms with Crippen LogP contribution in [-0.4, -0.2) is 39.6 Å². The van der Waals surface area contributed by atoms with Crippen molar-refractivity contribution in [2.75, 3.05) is 0 Å². The molecule has 14 aromatic rings. The van der Waals surface area contributed by atoms with E-state index in [4.69, 9.17) is 32.2 Å². The molecule has 0 spiro atoms. The molecule has 4 aromatic heterocycles. The fraction of sp³-hybridized carbons (Fsp3) is 0.132. The summed E-state index contributed by atoms with van der Waals surface area (Å²) in [5.74, 6) is 1.42. The molecule has 89 heavy (non-hydrogen) atoms. The van der Waals surface area contributed by atoms with E-state index in [9.17, 15) is 10.2 Å². The minimum Gasteiger partial charge on any atom is -0.505 e. The number of phenols is 2. The van der Waals surface area contributed by atoms with Crippen LogP contribution in [0, 0.1) is 27.7 Å². The molecule has 10 aromatic carbocycles. The van der Waals surface area contributed by atoms with Crippen LogP contribution in [0.4, 0.5) is 0 Å². The smallest absolute Gasteiger partial charge is 0.505 e. The molecule has 2 N–H and O–H groups in total. The maximum absolute atomic E-state index is 11.7. The number of benzene rings is 10. The van der Waals surface area contributed by atoms with Crippen molar-refractivity contribution in [2.45, 2.75) is 66.2 Å². The van der Waals surface area contributed by atoms with Gasteiger partial charge in [0.2, 0.25) is 11.6 Å². The van der Waals surface area contributed by atoms with Crippen LogP contribution in [0.3, 0.4) is 0 Å². The van der Waals surface area contributed by atoms with Crippen LogP contribution in [0.5, 0.6) is 11.5 Å². The first kappa shape index (κ1) is 62.9. The number of phenolic OH excluding ortho intramolecular Hbond substituents is 2. The third-order valence-electron chi connectivity index (χ3n) is 15.4. The standard InChI is InChI=1S/2C31H26ClN3O2.2C7H7.Zr/c2*1-18-10-9-13-23(32)27(18)30-33-29(34-37-30)22-16-19(31(2,3)4)17-26(28(22)36)35-24-14-7-5-11-20(24)21-12-6-8-15-25(21)35;2*1-7-5-3-2-4-6-7;/h2*5-17,36H,1-4H3;2*2-6H,1H2;/q;;2*-1;+2. The Hall–Kier alpha value is -9.12. The minimum atomic E-state index is -0.193. The van der Waals surface area contributed by atoms with Crippen molar-refractivity contribution in [3.05, 3.63) is 276 Å². The van der Waals surface area contributed by atoms with Gasteiger partial charge in [0.15, 0.2) is 11.5 Å². The van der Waals surface area contributed by atoms with Crippen molar-refractivity contribution in [3.8, 4) is 68.6 Å². The van der Waals surface area contributed by atoms with Gasteiger partial charge in [0.05, 0.1) is 65.7 Å². The van der Waals surface area contributed by atoms with Crippen LogP contribution in [0.2, 0.25) is 10.0 Å².